The van der Waals surface area contributed by atoms with Gasteiger partial charge in [0, 0.05) is 12.4 Å². The zero-order chi connectivity index (χ0) is 8.55. The van der Waals surface area contributed by atoms with Gasteiger partial charge >= 0.3 is 0 Å². The fourth-order valence-electron chi connectivity index (χ4n) is 1.66. The van der Waals surface area contributed by atoms with E-state index in [9.17, 15) is 0 Å². The van der Waals surface area contributed by atoms with Crippen LogP contribution in [0.3, 0.4) is 0 Å². The number of pyridine rings is 1. The van der Waals surface area contributed by atoms with Gasteiger partial charge in [0.2, 0.25) is 0 Å². The lowest BCUT2D eigenvalue weighted by atomic mass is 10.1. The largest absolute Gasteiger partial charge is 0.264 e. The third-order valence-corrected chi connectivity index (χ3v) is 2.52. The molecule has 1 nitrogen and oxygen atoms in total. The lowest BCUT2D eigenvalue weighted by molar-refractivity contribution is 1.10. The van der Waals surface area contributed by atoms with Crippen molar-refractivity contribution in [2.24, 2.45) is 0 Å². The third kappa shape index (κ3) is 1.15. The van der Waals surface area contributed by atoms with Crippen molar-refractivity contribution < 1.29 is 0 Å². The van der Waals surface area contributed by atoms with Crippen molar-refractivity contribution in [3.63, 3.8) is 0 Å². The van der Waals surface area contributed by atoms with Gasteiger partial charge in [0.05, 0.1) is 0 Å². The van der Waals surface area contributed by atoms with Gasteiger partial charge in [-0.15, -0.1) is 0 Å². The smallest absolute Gasteiger partial charge is 0.0305 e. The van der Waals surface area contributed by atoms with Gasteiger partial charge in [-0.2, -0.15) is 0 Å². The number of hydrogen-bond donors (Lipinski definition) is 0. The van der Waals surface area contributed by atoms with E-state index in [1.165, 1.54) is 16.7 Å². The molecule has 1 aliphatic carbocycles. The molecule has 0 unspecified atom stereocenters. The zero-order valence-corrected chi connectivity index (χ0v) is 7.59. The molecule has 1 aromatic rings. The average Bonchev–Trinajstić information content (AvgIpc) is 2.46. The Morgan fingerprint density at radius 1 is 1.25 bits per heavy atom. The molecule has 0 amide bonds. The summed E-state index contributed by atoms with van der Waals surface area (Å²) in [6.07, 6.45) is 6.13. The fraction of sp³-hybridized carbons (Fsp3) is 0.364. The summed E-state index contributed by atoms with van der Waals surface area (Å²) < 4.78 is 0. The Balaban J connectivity index is 2.40. The average molecular weight is 159 g/mol. The van der Waals surface area contributed by atoms with Crippen LogP contribution in [0.25, 0.3) is 0 Å². The molecule has 12 heavy (non-hydrogen) atoms. The zero-order valence-electron chi connectivity index (χ0n) is 7.59. The summed E-state index contributed by atoms with van der Waals surface area (Å²) in [5.41, 5.74) is 5.90. The van der Waals surface area contributed by atoms with Crippen molar-refractivity contribution in [1.82, 2.24) is 4.98 Å². The molecular formula is C11H13N. The maximum atomic E-state index is 4.13. The van der Waals surface area contributed by atoms with Crippen LogP contribution in [-0.2, 0) is 12.8 Å². The number of allylic oxidation sites excluding steroid dienone is 2. The van der Waals surface area contributed by atoms with Gasteiger partial charge in [-0.1, -0.05) is 11.1 Å². The highest BCUT2D eigenvalue weighted by atomic mass is 14.6. The lowest BCUT2D eigenvalue weighted by Gasteiger charge is -1.96. The SMILES string of the molecule is CC(C)=C1Cc2ccncc2C1. The number of rotatable bonds is 0. The van der Waals surface area contributed by atoms with Crippen LogP contribution in [0.4, 0.5) is 0 Å². The molecule has 0 bridgehead atoms. The Hall–Kier alpha value is -1.11. The molecular weight excluding hydrogens is 146 g/mol. The van der Waals surface area contributed by atoms with E-state index in [-0.39, 0.29) is 0 Å². The maximum absolute atomic E-state index is 4.13. The highest BCUT2D eigenvalue weighted by molar-refractivity contribution is 5.39. The minimum absolute atomic E-state index is 1.12. The van der Waals surface area contributed by atoms with Gasteiger partial charge in [0.1, 0.15) is 0 Å². The van der Waals surface area contributed by atoms with Crippen molar-refractivity contribution in [1.29, 1.82) is 0 Å². The number of aromatic nitrogens is 1. The summed E-state index contributed by atoms with van der Waals surface area (Å²) in [6.45, 7) is 4.38. The van der Waals surface area contributed by atoms with Crippen LogP contribution in [0, 0.1) is 0 Å². The molecule has 0 aromatic carbocycles. The van der Waals surface area contributed by atoms with Gasteiger partial charge in [-0.25, -0.2) is 0 Å². The Morgan fingerprint density at radius 2 is 2.00 bits per heavy atom. The molecule has 0 radical (unpaired) electrons. The van der Waals surface area contributed by atoms with E-state index in [4.69, 9.17) is 0 Å². The Bertz CT molecular complexity index is 306. The van der Waals surface area contributed by atoms with Crippen LogP contribution in [0.5, 0.6) is 0 Å². The second kappa shape index (κ2) is 2.74. The number of hydrogen-bond acceptors (Lipinski definition) is 1. The topological polar surface area (TPSA) is 12.9 Å². The van der Waals surface area contributed by atoms with Crippen LogP contribution >= 0.6 is 0 Å². The molecule has 0 N–H and O–H groups in total. The number of fused-ring (bicyclic) bond motifs is 1. The van der Waals surface area contributed by atoms with Crippen LogP contribution in [0.15, 0.2) is 29.6 Å². The quantitative estimate of drug-likeness (QED) is 0.530. The Morgan fingerprint density at radius 3 is 2.67 bits per heavy atom. The molecule has 62 valence electrons. The van der Waals surface area contributed by atoms with Crippen LogP contribution < -0.4 is 0 Å². The summed E-state index contributed by atoms with van der Waals surface area (Å²) in [7, 11) is 0. The van der Waals surface area contributed by atoms with Gasteiger partial charge in [0.15, 0.2) is 0 Å². The van der Waals surface area contributed by atoms with Crippen molar-refractivity contribution in [2.75, 3.05) is 0 Å². The molecule has 0 fully saturated rings. The van der Waals surface area contributed by atoms with Gasteiger partial charge in [-0.05, 0) is 43.9 Å². The summed E-state index contributed by atoms with van der Waals surface area (Å²) >= 11 is 0. The first kappa shape index (κ1) is 7.53. The highest BCUT2D eigenvalue weighted by Gasteiger charge is 2.15. The normalized spacial score (nSPS) is 14.7. The third-order valence-electron chi connectivity index (χ3n) is 2.52. The summed E-state index contributed by atoms with van der Waals surface area (Å²) in [4.78, 5) is 4.13. The van der Waals surface area contributed by atoms with Crippen LogP contribution in [0.2, 0.25) is 0 Å². The van der Waals surface area contributed by atoms with E-state index >= 15 is 0 Å². The van der Waals surface area contributed by atoms with Crippen LogP contribution in [0.1, 0.15) is 25.0 Å². The highest BCUT2D eigenvalue weighted by Crippen LogP contribution is 2.26. The molecule has 0 atom stereocenters. The van der Waals surface area contributed by atoms with E-state index in [1.807, 2.05) is 12.4 Å². The molecule has 1 heterocycles. The Labute approximate surface area is 73.1 Å². The monoisotopic (exact) mass is 159 g/mol. The molecule has 0 saturated carbocycles. The van der Waals surface area contributed by atoms with E-state index in [0.29, 0.717) is 0 Å². The molecule has 0 aliphatic heterocycles. The molecule has 1 aliphatic rings. The standard InChI is InChI=1S/C11H13N/c1-8(2)10-5-9-3-4-12-7-11(9)6-10/h3-4,7H,5-6H2,1-2H3. The second-order valence-electron chi connectivity index (χ2n) is 3.60. The predicted octanol–water partition coefficient (Wildman–Crippen LogP) is 2.52. The first-order chi connectivity index (χ1) is 5.77. The Kier molecular flexibility index (Phi) is 1.72. The molecule has 1 heteroatoms. The van der Waals surface area contributed by atoms with E-state index in [2.05, 4.69) is 24.9 Å². The fourth-order valence-corrected chi connectivity index (χ4v) is 1.66. The van der Waals surface area contributed by atoms with Crippen molar-refractivity contribution in [3.8, 4) is 0 Å². The molecule has 0 saturated heterocycles. The van der Waals surface area contributed by atoms with Gasteiger partial charge in [-0.3, -0.25) is 4.98 Å². The second-order valence-corrected chi connectivity index (χ2v) is 3.60. The number of nitrogens with zero attached hydrogens (tertiary/aromatic N) is 1. The van der Waals surface area contributed by atoms with Crippen molar-refractivity contribution >= 4 is 0 Å². The van der Waals surface area contributed by atoms with Gasteiger partial charge < -0.3 is 0 Å². The summed E-state index contributed by atoms with van der Waals surface area (Å²) in [6, 6.07) is 2.13. The van der Waals surface area contributed by atoms with E-state index in [1.54, 1.807) is 5.57 Å². The van der Waals surface area contributed by atoms with E-state index in [0.717, 1.165) is 12.8 Å². The molecule has 1 aromatic heterocycles. The molecule has 0 spiro atoms. The first-order valence-corrected chi connectivity index (χ1v) is 4.34. The van der Waals surface area contributed by atoms with E-state index < -0.39 is 0 Å². The van der Waals surface area contributed by atoms with Crippen molar-refractivity contribution in [3.05, 3.63) is 40.7 Å². The van der Waals surface area contributed by atoms with Crippen molar-refractivity contribution in [2.45, 2.75) is 26.7 Å². The summed E-state index contributed by atoms with van der Waals surface area (Å²) in [5.74, 6) is 0. The molecule has 2 rings (SSSR count). The minimum atomic E-state index is 1.12. The van der Waals surface area contributed by atoms with Gasteiger partial charge in [0.25, 0.3) is 0 Å². The predicted molar refractivity (Wildman–Crippen MR) is 50.0 cm³/mol. The minimum Gasteiger partial charge on any atom is -0.264 e. The lowest BCUT2D eigenvalue weighted by Crippen LogP contribution is -1.83. The first-order valence-electron chi connectivity index (χ1n) is 4.34. The summed E-state index contributed by atoms with van der Waals surface area (Å²) in [5, 5.41) is 0. The maximum Gasteiger partial charge on any atom is 0.0305 e. The van der Waals surface area contributed by atoms with Crippen LogP contribution in [-0.4, -0.2) is 4.98 Å².